The van der Waals surface area contributed by atoms with Gasteiger partial charge in [0.15, 0.2) is 0 Å². The molecule has 0 atom stereocenters. The number of carbonyl (C=O) groups is 1. The molecule has 0 amide bonds. The molecule has 0 spiro atoms. The number of carboxylic acids is 1. The van der Waals surface area contributed by atoms with E-state index in [1.54, 1.807) is 54.6 Å². The molecule has 0 saturated heterocycles. The number of aliphatic hydroxyl groups excluding tert-OH is 1. The van der Waals surface area contributed by atoms with Crippen LogP contribution < -0.4 is 19.5 Å². The van der Waals surface area contributed by atoms with Crippen LogP contribution in [0.15, 0.2) is 116 Å². The third-order valence-electron chi connectivity index (χ3n) is 10.2. The number of aromatic nitrogens is 3. The molecule has 0 aliphatic heterocycles. The molecule has 0 aliphatic carbocycles. The molecule has 1 heterocycles. The summed E-state index contributed by atoms with van der Waals surface area (Å²) in [6.07, 6.45) is 2.03. The van der Waals surface area contributed by atoms with Crippen molar-refractivity contribution in [1.29, 1.82) is 0 Å². The summed E-state index contributed by atoms with van der Waals surface area (Å²) < 4.78 is 134. The predicted octanol–water partition coefficient (Wildman–Crippen LogP) is 8.47. The summed E-state index contributed by atoms with van der Waals surface area (Å²) in [6.45, 7) is 2.51. The fraction of sp³-hybridized carbons (Fsp3) is 0.277. The molecule has 79 heavy (non-hydrogen) atoms. The highest BCUT2D eigenvalue weighted by molar-refractivity contribution is 7.86. The van der Waals surface area contributed by atoms with Crippen molar-refractivity contribution in [1.82, 2.24) is 15.0 Å². The molecule has 5 N–H and O–H groups in total. The van der Waals surface area contributed by atoms with Crippen molar-refractivity contribution in [3.05, 3.63) is 141 Å². The van der Waals surface area contributed by atoms with Gasteiger partial charge in [-0.3, -0.25) is 9.11 Å². The molecular formula is C47H48Cl2N8O18S4. The van der Waals surface area contributed by atoms with Gasteiger partial charge in [0.1, 0.15) is 45.2 Å². The minimum Gasteiger partial charge on any atom is -0.495 e. The topological polar surface area (TPSA) is 397 Å². The Morgan fingerprint density at radius 3 is 1.61 bits per heavy atom. The second kappa shape index (κ2) is 31.2. The number of azo groups is 2. The molecule has 0 radical (unpaired) electrons. The Morgan fingerprint density at radius 1 is 0.646 bits per heavy atom. The van der Waals surface area contributed by atoms with Crippen molar-refractivity contribution >= 4 is 99.3 Å². The van der Waals surface area contributed by atoms with E-state index in [2.05, 4.69) is 25.8 Å². The maximum atomic E-state index is 12.0. The van der Waals surface area contributed by atoms with Crippen LogP contribution in [0.3, 0.4) is 0 Å². The molecule has 1 aromatic heterocycles. The molecule has 0 unspecified atom stereocenters. The number of methoxy groups -OCH3 is 1. The summed E-state index contributed by atoms with van der Waals surface area (Å²) in [6, 6.07) is 23.4. The standard InChI is InChI=1S/C47H48Cl2N8O12S2.2O3S/c1-3-4-17-68-41-25-38(56-54-34-13-9-30(28-58)10-14-34)36(48)20-32(41)22-44-51-45(53-47(52-44)50-27-29-7-11-31(12-8-29)46(59)60)23-33-21-37(49)39(26-42(33)69-18-5-6-19-70(61,62)63)57-55-35-15-16-40(67-2)43(24-35)71(64,65)66;2*1-4(2)3/h7-16,20-21,24-26,58H,3-6,17-19,22-23,27-28H2,1-2H3,(H,59,60)(H,61,62,63)(H,64,65,66)(H,50,51,52,53);;. The van der Waals surface area contributed by atoms with Gasteiger partial charge in [-0.05, 0) is 85.0 Å². The Hall–Kier alpha value is -7.42. The summed E-state index contributed by atoms with van der Waals surface area (Å²) in [7, 11) is -13.9. The molecular weight excluding hydrogens is 1160 g/mol. The molecule has 5 aromatic carbocycles. The molecule has 26 nitrogen and oxygen atoms in total. The monoisotopic (exact) mass is 1210 g/mol. The van der Waals surface area contributed by atoms with Crippen molar-refractivity contribution < 1.29 is 80.4 Å². The van der Waals surface area contributed by atoms with Crippen LogP contribution in [0.4, 0.5) is 28.7 Å². The predicted molar refractivity (Wildman–Crippen MR) is 284 cm³/mol. The van der Waals surface area contributed by atoms with Crippen LogP contribution in [0, 0.1) is 0 Å². The van der Waals surface area contributed by atoms with E-state index in [0.717, 1.165) is 30.0 Å². The van der Waals surface area contributed by atoms with E-state index in [1.807, 2.05) is 6.92 Å². The van der Waals surface area contributed by atoms with Crippen molar-refractivity contribution in [2.24, 2.45) is 20.5 Å². The highest BCUT2D eigenvalue weighted by atomic mass is 35.5. The first-order valence-electron chi connectivity index (χ1n) is 22.8. The second-order valence-corrected chi connectivity index (χ2v) is 20.6. The van der Waals surface area contributed by atoms with Gasteiger partial charge in [0.2, 0.25) is 5.95 Å². The number of anilines is 1. The maximum Gasteiger partial charge on any atom is 0.425 e. The van der Waals surface area contributed by atoms with Gasteiger partial charge in [0.05, 0.1) is 59.7 Å². The molecule has 0 bridgehead atoms. The van der Waals surface area contributed by atoms with Gasteiger partial charge in [-0.25, -0.2) is 9.78 Å². The molecule has 0 saturated carbocycles. The lowest BCUT2D eigenvalue weighted by atomic mass is 10.1. The lowest BCUT2D eigenvalue weighted by Crippen LogP contribution is -2.12. The number of benzene rings is 5. The number of hydrogen-bond acceptors (Lipinski definition) is 23. The molecule has 6 aromatic rings. The SMILES string of the molecule is CCCCOc1cc(N=Nc2ccc(CO)cc2)c(Cl)cc1Cc1nc(Cc2cc(Cl)c(N=Nc3ccc(OC)c(S(=O)(=O)O)c3)cc2OCCCCS(=O)(=O)O)nc(NCc2ccc(C(=O)O)cc2)n1.O=S(=O)=O.O=S(=O)=O. The quantitative estimate of drug-likeness (QED) is 0.0204. The van der Waals surface area contributed by atoms with Crippen LogP contribution in [-0.2, 0) is 67.4 Å². The number of nitrogens with zero attached hydrogens (tertiary/aromatic N) is 7. The minimum atomic E-state index is -4.69. The average Bonchev–Trinajstić information content (AvgIpc) is 3.38. The third kappa shape index (κ3) is 22.8. The van der Waals surface area contributed by atoms with Crippen LogP contribution in [0.25, 0.3) is 0 Å². The number of ether oxygens (including phenoxy) is 3. The summed E-state index contributed by atoms with van der Waals surface area (Å²) >= 11 is 13.6. The Labute approximate surface area is 465 Å². The van der Waals surface area contributed by atoms with E-state index < -0.39 is 58.1 Å². The van der Waals surface area contributed by atoms with E-state index in [9.17, 15) is 40.9 Å². The molecule has 0 aliphatic rings. The summed E-state index contributed by atoms with van der Waals surface area (Å²) in [5, 5.41) is 39.4. The maximum absolute atomic E-state index is 12.0. The van der Waals surface area contributed by atoms with E-state index >= 15 is 0 Å². The Morgan fingerprint density at radius 2 is 1.14 bits per heavy atom. The Balaban J connectivity index is 0.00000157. The number of aliphatic hydroxyl groups is 1. The zero-order valence-electron chi connectivity index (χ0n) is 41.5. The normalized spacial score (nSPS) is 11.3. The number of carboxylic acid groups (broad SMARTS) is 1. The van der Waals surface area contributed by atoms with Gasteiger partial charge in [0.25, 0.3) is 20.2 Å². The van der Waals surface area contributed by atoms with Crippen molar-refractivity contribution in [3.63, 3.8) is 0 Å². The fourth-order valence-corrected chi connectivity index (χ4v) is 8.27. The van der Waals surface area contributed by atoms with Crippen molar-refractivity contribution in [3.8, 4) is 17.2 Å². The van der Waals surface area contributed by atoms with Crippen LogP contribution >= 0.6 is 23.2 Å². The van der Waals surface area contributed by atoms with Crippen LogP contribution in [0.2, 0.25) is 10.0 Å². The molecule has 422 valence electrons. The molecule has 32 heteroatoms. The van der Waals surface area contributed by atoms with Crippen LogP contribution in [0.1, 0.15) is 76.9 Å². The van der Waals surface area contributed by atoms with Crippen molar-refractivity contribution in [2.75, 3.05) is 31.4 Å². The smallest absolute Gasteiger partial charge is 0.425 e. The minimum absolute atomic E-state index is 0.0000169. The summed E-state index contributed by atoms with van der Waals surface area (Å²) in [5.74, 6) is -0.265. The fourth-order valence-electron chi connectivity index (χ4n) is 6.57. The van der Waals surface area contributed by atoms with Gasteiger partial charge < -0.3 is 29.7 Å². The Bertz CT molecular complexity index is 3580. The zero-order valence-corrected chi connectivity index (χ0v) is 46.2. The van der Waals surface area contributed by atoms with E-state index in [1.165, 1.54) is 37.4 Å². The van der Waals surface area contributed by atoms with Crippen LogP contribution in [0.5, 0.6) is 17.2 Å². The van der Waals surface area contributed by atoms with Gasteiger partial charge in [-0.15, -0.1) is 35.5 Å². The number of aromatic carboxylic acids is 1. The molecule has 0 fully saturated rings. The van der Waals surface area contributed by atoms with Gasteiger partial charge in [0, 0.05) is 42.6 Å². The van der Waals surface area contributed by atoms with E-state index in [-0.39, 0.29) is 95.7 Å². The molecule has 6 rings (SSSR count). The number of unbranched alkanes of at least 4 members (excludes halogenated alkanes) is 2. The second-order valence-electron chi connectivity index (χ2n) is 16.0. The largest absolute Gasteiger partial charge is 0.495 e. The Kier molecular flexibility index (Phi) is 25.4. The average molecular weight is 1210 g/mol. The number of hydrogen-bond donors (Lipinski definition) is 5. The number of nitrogens with one attached hydrogen (secondary N) is 1. The highest BCUT2D eigenvalue weighted by Crippen LogP contribution is 2.38. The van der Waals surface area contributed by atoms with E-state index in [0.29, 0.717) is 40.7 Å². The van der Waals surface area contributed by atoms with E-state index in [4.69, 9.17) is 77.6 Å². The highest BCUT2D eigenvalue weighted by Gasteiger charge is 2.20. The van der Waals surface area contributed by atoms with Gasteiger partial charge in [-0.1, -0.05) is 60.8 Å². The van der Waals surface area contributed by atoms with Gasteiger partial charge in [-0.2, -0.15) is 37.0 Å². The lowest BCUT2D eigenvalue weighted by molar-refractivity contribution is 0.0696. The summed E-state index contributed by atoms with van der Waals surface area (Å²) in [4.78, 5) is 25.3. The number of rotatable bonds is 25. The first-order chi connectivity index (χ1) is 37.4. The van der Waals surface area contributed by atoms with Crippen LogP contribution in [-0.4, -0.2) is 108 Å². The lowest BCUT2D eigenvalue weighted by Gasteiger charge is -2.15. The first kappa shape index (κ1) is 64.1. The van der Waals surface area contributed by atoms with Gasteiger partial charge >= 0.3 is 27.2 Å². The summed E-state index contributed by atoms with van der Waals surface area (Å²) in [5.41, 5.74) is 3.67. The number of halogens is 2. The third-order valence-corrected chi connectivity index (χ3v) is 12.5. The zero-order chi connectivity index (χ0) is 58.3. The van der Waals surface area contributed by atoms with Crippen molar-refractivity contribution in [2.45, 2.75) is 63.5 Å². The first-order valence-corrected chi connectivity index (χ1v) is 28.6.